The Morgan fingerprint density at radius 2 is 1.73 bits per heavy atom. The van der Waals surface area contributed by atoms with Crippen LogP contribution in [0.5, 0.6) is 5.75 Å². The van der Waals surface area contributed by atoms with Crippen LogP contribution in [-0.2, 0) is 4.57 Å². The van der Waals surface area contributed by atoms with Crippen molar-refractivity contribution >= 4 is 52.9 Å². The van der Waals surface area contributed by atoms with Gasteiger partial charge < -0.3 is 29.7 Å². The van der Waals surface area contributed by atoms with Crippen LogP contribution in [0.4, 0.5) is 33.2 Å². The summed E-state index contributed by atoms with van der Waals surface area (Å²) >= 11 is 6.37. The Morgan fingerprint density at radius 3 is 2.41 bits per heavy atom. The summed E-state index contributed by atoms with van der Waals surface area (Å²) in [6, 6.07) is 10.8. The third kappa shape index (κ3) is 7.12. The van der Waals surface area contributed by atoms with E-state index in [9.17, 15) is 8.96 Å². The topological polar surface area (TPSA) is 85.9 Å². The fourth-order valence-corrected chi connectivity index (χ4v) is 6.77. The lowest BCUT2D eigenvalue weighted by atomic mass is 10.0. The van der Waals surface area contributed by atoms with E-state index in [1.807, 2.05) is 12.1 Å². The molecule has 2 fully saturated rings. The number of aromatic nitrogens is 2. The number of methoxy groups -OCH3 is 1. The molecule has 2 N–H and O–H groups in total. The molecule has 41 heavy (non-hydrogen) atoms. The number of halogens is 2. The van der Waals surface area contributed by atoms with Crippen molar-refractivity contribution in [1.82, 2.24) is 19.8 Å². The molecule has 3 aromatic rings. The molecule has 0 amide bonds. The van der Waals surface area contributed by atoms with E-state index in [0.29, 0.717) is 28.5 Å². The minimum Gasteiger partial charge on any atom is -0.494 e. The first-order valence-corrected chi connectivity index (χ1v) is 16.9. The highest BCUT2D eigenvalue weighted by atomic mass is 35.5. The molecule has 0 bridgehead atoms. The monoisotopic (exact) mass is 601 g/mol. The molecule has 9 nitrogen and oxygen atoms in total. The predicted octanol–water partition coefficient (Wildman–Crippen LogP) is 5.23. The molecule has 3 heterocycles. The zero-order chi connectivity index (χ0) is 29.1. The quantitative estimate of drug-likeness (QED) is 0.337. The van der Waals surface area contributed by atoms with Crippen LogP contribution in [0.1, 0.15) is 12.8 Å². The fraction of sp³-hybridized carbons (Fsp3) is 0.448. The summed E-state index contributed by atoms with van der Waals surface area (Å²) in [4.78, 5) is 16.3. The molecule has 0 saturated carbocycles. The maximum absolute atomic E-state index is 14.0. The summed E-state index contributed by atoms with van der Waals surface area (Å²) < 4.78 is 32.5. The van der Waals surface area contributed by atoms with Crippen molar-refractivity contribution in [3.63, 3.8) is 0 Å². The van der Waals surface area contributed by atoms with E-state index in [1.54, 1.807) is 20.4 Å². The van der Waals surface area contributed by atoms with Gasteiger partial charge in [0.15, 0.2) is 5.82 Å². The normalized spacial score (nSPS) is 17.5. The summed E-state index contributed by atoms with van der Waals surface area (Å²) in [5.74, 6) is 0.761. The van der Waals surface area contributed by atoms with Gasteiger partial charge in [-0.3, -0.25) is 4.90 Å². The van der Waals surface area contributed by atoms with Crippen LogP contribution < -0.4 is 25.6 Å². The SMILES string of the molecule is COc1cc(N2CCC(N3CCN(C)CC3)CC2)ccc1Nc1ncc(Cl)c(Nc2cc(F)ccc2P(C)(C)=O)n1. The van der Waals surface area contributed by atoms with E-state index in [2.05, 4.69) is 48.4 Å². The molecule has 12 heteroatoms. The van der Waals surface area contributed by atoms with Crippen LogP contribution in [0, 0.1) is 5.82 Å². The Morgan fingerprint density at radius 1 is 1.00 bits per heavy atom. The molecule has 2 aliphatic heterocycles. The highest BCUT2D eigenvalue weighted by Gasteiger charge is 2.27. The molecule has 0 spiro atoms. The van der Waals surface area contributed by atoms with Crippen molar-refractivity contribution in [2.24, 2.45) is 0 Å². The second-order valence-electron chi connectivity index (χ2n) is 11.1. The zero-order valence-corrected chi connectivity index (χ0v) is 25.7. The second-order valence-corrected chi connectivity index (χ2v) is 14.7. The van der Waals surface area contributed by atoms with Gasteiger partial charge in [0.05, 0.1) is 24.7 Å². The highest BCUT2D eigenvalue weighted by molar-refractivity contribution is 7.70. The van der Waals surface area contributed by atoms with Gasteiger partial charge in [0, 0.05) is 62.4 Å². The standard InChI is InChI=1S/C29H38ClFN7O2P/c1-36-13-15-38(16-14-36)21-9-11-37(12-10-21)22-6-7-24(26(18-22)40-2)34-29-32-19-23(30)28(35-29)33-25-17-20(31)5-8-27(25)41(3,4)39/h5-8,17-19,21H,9-16H2,1-4H3,(H2,32,33,34,35). The van der Waals surface area contributed by atoms with Gasteiger partial charge in [-0.05, 0) is 63.6 Å². The zero-order valence-electron chi connectivity index (χ0n) is 24.0. The summed E-state index contributed by atoms with van der Waals surface area (Å²) in [5.41, 5.74) is 2.17. The first-order chi connectivity index (χ1) is 19.6. The van der Waals surface area contributed by atoms with E-state index in [1.165, 1.54) is 24.4 Å². The third-order valence-corrected chi connectivity index (χ3v) is 9.68. The molecule has 0 radical (unpaired) electrons. The number of benzene rings is 2. The molecule has 220 valence electrons. The molecule has 2 aliphatic rings. The van der Waals surface area contributed by atoms with Gasteiger partial charge in [-0.2, -0.15) is 4.98 Å². The molecule has 0 atom stereocenters. The van der Waals surface area contributed by atoms with E-state index >= 15 is 0 Å². The van der Waals surface area contributed by atoms with Gasteiger partial charge in [-0.25, -0.2) is 9.37 Å². The smallest absolute Gasteiger partial charge is 0.229 e. The number of hydrogen-bond acceptors (Lipinski definition) is 9. The van der Waals surface area contributed by atoms with Gasteiger partial charge in [0.2, 0.25) is 5.95 Å². The average molecular weight is 602 g/mol. The largest absolute Gasteiger partial charge is 0.494 e. The maximum atomic E-state index is 14.0. The number of rotatable bonds is 8. The Balaban J connectivity index is 1.28. The molecular formula is C29H38ClFN7O2P. The summed E-state index contributed by atoms with van der Waals surface area (Å²) in [5, 5.41) is 7.01. The Hall–Kier alpha value is -2.91. The summed E-state index contributed by atoms with van der Waals surface area (Å²) in [7, 11) is 1.14. The summed E-state index contributed by atoms with van der Waals surface area (Å²) in [6.07, 6.45) is 3.76. The number of nitrogens with one attached hydrogen (secondary N) is 2. The minimum absolute atomic E-state index is 0.245. The van der Waals surface area contributed by atoms with Crippen molar-refractivity contribution in [3.05, 3.63) is 53.4 Å². The Labute approximate surface area is 246 Å². The van der Waals surface area contributed by atoms with Crippen LogP contribution in [0.15, 0.2) is 42.6 Å². The molecule has 0 aliphatic carbocycles. The third-order valence-electron chi connectivity index (χ3n) is 7.85. The van der Waals surface area contributed by atoms with Crippen LogP contribution in [0.2, 0.25) is 5.02 Å². The van der Waals surface area contributed by atoms with Crippen LogP contribution in [-0.4, -0.2) is 92.6 Å². The lowest BCUT2D eigenvalue weighted by Crippen LogP contribution is -2.52. The molecular weight excluding hydrogens is 564 g/mol. The van der Waals surface area contributed by atoms with Crippen molar-refractivity contribution in [1.29, 1.82) is 0 Å². The lowest BCUT2D eigenvalue weighted by molar-refractivity contribution is 0.0982. The number of likely N-dealkylation sites (N-methyl/N-ethyl adjacent to an activating group) is 1. The molecule has 5 rings (SSSR count). The van der Waals surface area contributed by atoms with Gasteiger partial charge in [0.25, 0.3) is 0 Å². The van der Waals surface area contributed by atoms with Gasteiger partial charge >= 0.3 is 0 Å². The first kappa shape index (κ1) is 29.6. The predicted molar refractivity (Wildman–Crippen MR) is 166 cm³/mol. The van der Waals surface area contributed by atoms with Crippen LogP contribution >= 0.6 is 18.7 Å². The number of anilines is 5. The van der Waals surface area contributed by atoms with E-state index in [-0.39, 0.29) is 16.8 Å². The fourth-order valence-electron chi connectivity index (χ4n) is 5.50. The average Bonchev–Trinajstić information content (AvgIpc) is 2.95. The number of piperazine rings is 1. The Bertz CT molecular complexity index is 1420. The highest BCUT2D eigenvalue weighted by Crippen LogP contribution is 2.39. The van der Waals surface area contributed by atoms with E-state index < -0.39 is 13.0 Å². The maximum Gasteiger partial charge on any atom is 0.229 e. The van der Waals surface area contributed by atoms with Crippen molar-refractivity contribution in [2.45, 2.75) is 18.9 Å². The number of hydrogen-bond donors (Lipinski definition) is 2. The summed E-state index contributed by atoms with van der Waals surface area (Å²) in [6.45, 7) is 9.87. The number of piperidine rings is 1. The van der Waals surface area contributed by atoms with E-state index in [4.69, 9.17) is 16.3 Å². The van der Waals surface area contributed by atoms with E-state index in [0.717, 1.165) is 57.8 Å². The molecule has 2 aromatic carbocycles. The Kier molecular flexibility index (Phi) is 9.04. The van der Waals surface area contributed by atoms with Crippen molar-refractivity contribution < 1.29 is 13.7 Å². The van der Waals surface area contributed by atoms with Crippen LogP contribution in [0.3, 0.4) is 0 Å². The lowest BCUT2D eigenvalue weighted by Gasteiger charge is -2.42. The number of ether oxygens (including phenoxy) is 1. The molecule has 0 unspecified atom stereocenters. The van der Waals surface area contributed by atoms with Crippen molar-refractivity contribution in [2.75, 3.05) is 82.3 Å². The number of nitrogens with zero attached hydrogens (tertiary/aromatic N) is 5. The van der Waals surface area contributed by atoms with Crippen LogP contribution in [0.25, 0.3) is 0 Å². The molecule has 1 aromatic heterocycles. The minimum atomic E-state index is -2.69. The first-order valence-electron chi connectivity index (χ1n) is 13.9. The van der Waals surface area contributed by atoms with Crippen molar-refractivity contribution in [3.8, 4) is 5.75 Å². The molecule has 2 saturated heterocycles. The van der Waals surface area contributed by atoms with Gasteiger partial charge in [-0.1, -0.05) is 11.6 Å². The van der Waals surface area contributed by atoms with Gasteiger partial charge in [0.1, 0.15) is 23.7 Å². The van der Waals surface area contributed by atoms with Gasteiger partial charge in [-0.15, -0.1) is 0 Å². The second kappa shape index (κ2) is 12.5.